The van der Waals surface area contributed by atoms with E-state index < -0.39 is 23.4 Å². The van der Waals surface area contributed by atoms with Crippen LogP contribution in [0, 0.1) is 13.8 Å². The van der Waals surface area contributed by atoms with Crippen LogP contribution in [0.4, 0.5) is 13.2 Å². The molecule has 0 bridgehead atoms. The average molecular weight is 470 g/mol. The van der Waals surface area contributed by atoms with E-state index in [0.717, 1.165) is 17.8 Å². The Morgan fingerprint density at radius 2 is 1.62 bits per heavy atom. The lowest BCUT2D eigenvalue weighted by Crippen LogP contribution is -2.50. The van der Waals surface area contributed by atoms with E-state index >= 15 is 0 Å². The van der Waals surface area contributed by atoms with Crippen LogP contribution in [0.2, 0.25) is 0 Å². The molecule has 178 valence electrons. The lowest BCUT2D eigenvalue weighted by atomic mass is 10.1. The van der Waals surface area contributed by atoms with Gasteiger partial charge in [-0.2, -0.15) is 18.3 Å². The van der Waals surface area contributed by atoms with Crippen LogP contribution in [0.25, 0.3) is 5.69 Å². The molecule has 0 spiro atoms. The number of hydrogen-bond acceptors (Lipinski definition) is 4. The summed E-state index contributed by atoms with van der Waals surface area (Å²) < 4.78 is 40.5. The first-order valence-corrected chi connectivity index (χ1v) is 11.0. The lowest BCUT2D eigenvalue weighted by Gasteiger charge is -2.34. The van der Waals surface area contributed by atoms with Gasteiger partial charge in [0.15, 0.2) is 0 Å². The van der Waals surface area contributed by atoms with Gasteiger partial charge in [-0.15, -0.1) is 0 Å². The van der Waals surface area contributed by atoms with Crippen LogP contribution >= 0.6 is 0 Å². The van der Waals surface area contributed by atoms with Crippen molar-refractivity contribution in [1.82, 2.24) is 19.6 Å². The van der Waals surface area contributed by atoms with Crippen molar-refractivity contribution in [2.75, 3.05) is 26.2 Å². The van der Waals surface area contributed by atoms with Crippen molar-refractivity contribution < 1.29 is 22.8 Å². The van der Waals surface area contributed by atoms with Crippen molar-refractivity contribution in [2.45, 2.75) is 26.6 Å². The Hall–Kier alpha value is -3.46. The molecule has 0 N–H and O–H groups in total. The molecule has 34 heavy (non-hydrogen) atoms. The van der Waals surface area contributed by atoms with Gasteiger partial charge in [-0.25, -0.2) is 4.68 Å². The van der Waals surface area contributed by atoms with E-state index in [9.17, 15) is 22.8 Å². The molecular formula is C25H25F3N4O2. The van der Waals surface area contributed by atoms with E-state index in [0.29, 0.717) is 55.2 Å². The number of benzene rings is 2. The van der Waals surface area contributed by atoms with Crippen LogP contribution in [-0.4, -0.2) is 57.4 Å². The maximum absolute atomic E-state index is 13.1. The quantitative estimate of drug-likeness (QED) is 0.417. The SMILES string of the molecule is Cc1nn(-c2ccccc2)c(C)c1C(=O)C(=O)N1CCN(Cc2cccc(C(F)(F)F)c2)CC1. The van der Waals surface area contributed by atoms with Crippen LogP contribution < -0.4 is 0 Å². The number of aryl methyl sites for hydroxylation is 1. The molecule has 1 aromatic heterocycles. The second-order valence-electron chi connectivity index (χ2n) is 8.39. The van der Waals surface area contributed by atoms with Crippen molar-refractivity contribution in [3.05, 3.63) is 82.7 Å². The average Bonchev–Trinajstić information content (AvgIpc) is 3.12. The van der Waals surface area contributed by atoms with Crippen LogP contribution in [0.1, 0.15) is 32.9 Å². The summed E-state index contributed by atoms with van der Waals surface area (Å²) in [4.78, 5) is 29.5. The van der Waals surface area contributed by atoms with Gasteiger partial charge in [-0.3, -0.25) is 14.5 Å². The van der Waals surface area contributed by atoms with Crippen molar-refractivity contribution in [3.8, 4) is 5.69 Å². The number of aromatic nitrogens is 2. The van der Waals surface area contributed by atoms with E-state index in [1.807, 2.05) is 35.2 Å². The number of alkyl halides is 3. The zero-order chi connectivity index (χ0) is 24.5. The molecule has 2 heterocycles. The van der Waals surface area contributed by atoms with Gasteiger partial charge in [-0.05, 0) is 37.6 Å². The van der Waals surface area contributed by atoms with Crippen LogP contribution in [0.5, 0.6) is 0 Å². The first-order valence-electron chi connectivity index (χ1n) is 11.0. The molecule has 0 atom stereocenters. The summed E-state index contributed by atoms with van der Waals surface area (Å²) in [6, 6.07) is 14.6. The number of nitrogens with zero attached hydrogens (tertiary/aromatic N) is 4. The van der Waals surface area contributed by atoms with Crippen LogP contribution in [-0.2, 0) is 17.5 Å². The smallest absolute Gasteiger partial charge is 0.333 e. The van der Waals surface area contributed by atoms with Gasteiger partial charge in [0.25, 0.3) is 11.7 Å². The highest BCUT2D eigenvalue weighted by atomic mass is 19.4. The second-order valence-corrected chi connectivity index (χ2v) is 8.39. The number of carbonyl (C=O) groups is 2. The first-order chi connectivity index (χ1) is 16.1. The fourth-order valence-corrected chi connectivity index (χ4v) is 4.26. The van der Waals surface area contributed by atoms with Crippen LogP contribution in [0.3, 0.4) is 0 Å². The number of carbonyl (C=O) groups excluding carboxylic acids is 2. The Kier molecular flexibility index (Phi) is 6.56. The standard InChI is InChI=1S/C25H25F3N4O2/c1-17-22(18(2)32(29-17)21-9-4-3-5-10-21)23(33)24(34)31-13-11-30(12-14-31)16-19-7-6-8-20(15-19)25(26,27)28/h3-10,15H,11-14,16H2,1-2H3. The van der Waals surface area contributed by atoms with E-state index in [1.54, 1.807) is 24.6 Å². The molecule has 1 aliphatic heterocycles. The van der Waals surface area contributed by atoms with E-state index in [4.69, 9.17) is 0 Å². The molecule has 0 aliphatic carbocycles. The number of Topliss-reactive ketones (excluding diaryl/α,β-unsaturated/α-hetero) is 1. The fraction of sp³-hybridized carbons (Fsp3) is 0.320. The third-order valence-electron chi connectivity index (χ3n) is 6.03. The highest BCUT2D eigenvalue weighted by Gasteiger charge is 2.32. The summed E-state index contributed by atoms with van der Waals surface area (Å²) in [7, 11) is 0. The summed E-state index contributed by atoms with van der Waals surface area (Å²) in [5, 5.41) is 4.45. The molecule has 4 rings (SSSR count). The predicted octanol–water partition coefficient (Wildman–Crippen LogP) is 4.04. The summed E-state index contributed by atoms with van der Waals surface area (Å²) in [5.41, 5.74) is 2.09. The molecule has 1 saturated heterocycles. The van der Waals surface area contributed by atoms with Gasteiger partial charge < -0.3 is 4.90 Å². The molecule has 0 saturated carbocycles. The third kappa shape index (κ3) is 4.89. The number of amides is 1. The molecule has 0 unspecified atom stereocenters. The lowest BCUT2D eigenvalue weighted by molar-refractivity contribution is -0.137. The normalized spacial score (nSPS) is 14.9. The zero-order valence-electron chi connectivity index (χ0n) is 19.0. The Morgan fingerprint density at radius 1 is 0.941 bits per heavy atom. The van der Waals surface area contributed by atoms with Gasteiger partial charge in [-0.1, -0.05) is 36.4 Å². The molecule has 0 radical (unpaired) electrons. The van der Waals surface area contributed by atoms with Crippen molar-refractivity contribution in [2.24, 2.45) is 0 Å². The van der Waals surface area contributed by atoms with Crippen LogP contribution in [0.15, 0.2) is 54.6 Å². The van der Waals surface area contributed by atoms with Crippen molar-refractivity contribution in [3.63, 3.8) is 0 Å². The maximum Gasteiger partial charge on any atom is 0.416 e. The van der Waals surface area contributed by atoms with Crippen molar-refractivity contribution in [1.29, 1.82) is 0 Å². The second kappa shape index (κ2) is 9.42. The van der Waals surface area contributed by atoms with Gasteiger partial charge in [0.05, 0.1) is 28.2 Å². The monoisotopic (exact) mass is 470 g/mol. The van der Waals surface area contributed by atoms with E-state index in [1.165, 1.54) is 11.0 Å². The number of piperazine rings is 1. The van der Waals surface area contributed by atoms with E-state index in [2.05, 4.69) is 5.10 Å². The van der Waals surface area contributed by atoms with Crippen molar-refractivity contribution >= 4 is 11.7 Å². The Morgan fingerprint density at radius 3 is 2.26 bits per heavy atom. The topological polar surface area (TPSA) is 58.4 Å². The maximum atomic E-state index is 13.1. The summed E-state index contributed by atoms with van der Waals surface area (Å²) in [6.07, 6.45) is -4.38. The summed E-state index contributed by atoms with van der Waals surface area (Å²) in [6.45, 7) is 5.42. The fourth-order valence-electron chi connectivity index (χ4n) is 4.26. The van der Waals surface area contributed by atoms with Gasteiger partial charge in [0.1, 0.15) is 0 Å². The largest absolute Gasteiger partial charge is 0.416 e. The number of rotatable bonds is 5. The van der Waals surface area contributed by atoms with Gasteiger partial charge in [0, 0.05) is 32.7 Å². The minimum atomic E-state index is -4.38. The molecule has 1 aliphatic rings. The minimum absolute atomic E-state index is 0.306. The molecule has 2 aromatic carbocycles. The minimum Gasteiger partial charge on any atom is -0.333 e. The number of hydrogen-bond donors (Lipinski definition) is 0. The van der Waals surface area contributed by atoms with Gasteiger partial charge >= 0.3 is 6.18 Å². The summed E-state index contributed by atoms with van der Waals surface area (Å²) in [5.74, 6) is -1.18. The molecule has 9 heteroatoms. The Balaban J connectivity index is 1.40. The highest BCUT2D eigenvalue weighted by molar-refractivity contribution is 6.43. The van der Waals surface area contributed by atoms with Gasteiger partial charge in [0.2, 0.25) is 0 Å². The number of ketones is 1. The van der Waals surface area contributed by atoms with E-state index in [-0.39, 0.29) is 0 Å². The first kappa shape index (κ1) is 23.7. The highest BCUT2D eigenvalue weighted by Crippen LogP contribution is 2.30. The number of para-hydroxylation sites is 1. The number of halogens is 3. The molecule has 1 amide bonds. The molecule has 1 fully saturated rings. The zero-order valence-corrected chi connectivity index (χ0v) is 19.0. The Labute approximate surface area is 195 Å². The molecule has 3 aromatic rings. The molecule has 6 nitrogen and oxygen atoms in total. The summed E-state index contributed by atoms with van der Waals surface area (Å²) >= 11 is 0. The molecular weight excluding hydrogens is 445 g/mol. The third-order valence-corrected chi connectivity index (χ3v) is 6.03. The Bertz CT molecular complexity index is 1200. The predicted molar refractivity (Wildman–Crippen MR) is 121 cm³/mol.